The van der Waals surface area contributed by atoms with Crippen LogP contribution in [0.1, 0.15) is 32.1 Å². The van der Waals surface area contributed by atoms with Crippen LogP contribution in [0.15, 0.2) is 35.2 Å². The van der Waals surface area contributed by atoms with E-state index in [2.05, 4.69) is 5.32 Å². The first-order chi connectivity index (χ1) is 12.5. The van der Waals surface area contributed by atoms with Gasteiger partial charge in [-0.3, -0.25) is 4.79 Å². The number of hydrogen-bond acceptors (Lipinski definition) is 4. The third-order valence-corrected chi connectivity index (χ3v) is 7.43. The number of likely N-dealkylation sites (tertiary alicyclic amines) is 1. The van der Waals surface area contributed by atoms with Crippen molar-refractivity contribution in [2.45, 2.75) is 43.0 Å². The lowest BCUT2D eigenvalue weighted by Crippen LogP contribution is -2.54. The normalized spacial score (nSPS) is 22.3. The minimum Gasteiger partial charge on any atom is -0.341 e. The van der Waals surface area contributed by atoms with Crippen LogP contribution in [0.4, 0.5) is 0 Å². The molecule has 0 saturated carbocycles. The van der Waals surface area contributed by atoms with Gasteiger partial charge in [-0.05, 0) is 57.3 Å². The van der Waals surface area contributed by atoms with Crippen molar-refractivity contribution >= 4 is 28.3 Å². The molecular weight excluding hydrogens is 386 g/mol. The molecule has 6 nitrogen and oxygen atoms in total. The second-order valence-corrected chi connectivity index (χ2v) is 9.16. The Bertz CT molecular complexity index is 706. The fourth-order valence-corrected chi connectivity index (χ4v) is 5.70. The first-order valence-electron chi connectivity index (χ1n) is 9.54. The molecule has 3 rings (SSSR count). The Morgan fingerprint density at radius 1 is 1.07 bits per heavy atom. The van der Waals surface area contributed by atoms with Crippen molar-refractivity contribution in [1.82, 2.24) is 14.5 Å². The van der Waals surface area contributed by atoms with Gasteiger partial charge in [0, 0.05) is 19.6 Å². The van der Waals surface area contributed by atoms with Crippen LogP contribution in [0.5, 0.6) is 0 Å². The van der Waals surface area contributed by atoms with E-state index in [-0.39, 0.29) is 23.2 Å². The lowest BCUT2D eigenvalue weighted by molar-refractivity contribution is -0.137. The molecule has 0 aliphatic carbocycles. The second-order valence-electron chi connectivity index (χ2n) is 7.27. The number of benzene rings is 1. The Kier molecular flexibility index (Phi) is 8.09. The molecule has 27 heavy (non-hydrogen) atoms. The Morgan fingerprint density at radius 3 is 2.37 bits per heavy atom. The monoisotopic (exact) mass is 415 g/mol. The molecule has 8 heteroatoms. The summed E-state index contributed by atoms with van der Waals surface area (Å²) in [5, 5.41) is 3.20. The second kappa shape index (κ2) is 9.87. The summed E-state index contributed by atoms with van der Waals surface area (Å²) in [6.07, 6.45) is 4.27. The highest BCUT2D eigenvalue weighted by Gasteiger charge is 2.39. The number of sulfonamides is 1. The van der Waals surface area contributed by atoms with Crippen LogP contribution in [-0.4, -0.2) is 62.8 Å². The average molecular weight is 416 g/mol. The predicted octanol–water partition coefficient (Wildman–Crippen LogP) is 2.11. The van der Waals surface area contributed by atoms with E-state index in [1.807, 2.05) is 11.9 Å². The summed E-state index contributed by atoms with van der Waals surface area (Å²) >= 11 is 0. The van der Waals surface area contributed by atoms with E-state index < -0.39 is 16.1 Å². The summed E-state index contributed by atoms with van der Waals surface area (Å²) in [5.74, 6) is 0.576. The van der Waals surface area contributed by atoms with Gasteiger partial charge in [-0.25, -0.2) is 8.42 Å². The predicted molar refractivity (Wildman–Crippen MR) is 108 cm³/mol. The molecule has 0 bridgehead atoms. The van der Waals surface area contributed by atoms with Crippen LogP contribution < -0.4 is 5.32 Å². The highest BCUT2D eigenvalue weighted by molar-refractivity contribution is 7.89. The van der Waals surface area contributed by atoms with E-state index in [4.69, 9.17) is 0 Å². The van der Waals surface area contributed by atoms with E-state index >= 15 is 0 Å². The van der Waals surface area contributed by atoms with Gasteiger partial charge in [0.05, 0.1) is 4.90 Å². The number of carbonyl (C=O) groups excluding carboxylic acids is 1. The molecule has 0 aromatic heterocycles. The number of hydrogen-bond donors (Lipinski definition) is 1. The van der Waals surface area contributed by atoms with Crippen molar-refractivity contribution < 1.29 is 13.2 Å². The zero-order valence-corrected chi connectivity index (χ0v) is 17.5. The summed E-state index contributed by atoms with van der Waals surface area (Å²) in [5.41, 5.74) is 0. The Hall–Kier alpha value is -1.15. The lowest BCUT2D eigenvalue weighted by atomic mass is 9.95. The maximum atomic E-state index is 13.1. The molecule has 1 aromatic rings. The van der Waals surface area contributed by atoms with Crippen LogP contribution in [0.3, 0.4) is 0 Å². The van der Waals surface area contributed by atoms with Gasteiger partial charge in [0.15, 0.2) is 0 Å². The Labute approximate surface area is 168 Å². The number of piperidine rings is 2. The lowest BCUT2D eigenvalue weighted by Gasteiger charge is -2.39. The third kappa shape index (κ3) is 5.02. The molecule has 0 spiro atoms. The first-order valence-corrected chi connectivity index (χ1v) is 11.0. The van der Waals surface area contributed by atoms with Crippen molar-refractivity contribution in [3.05, 3.63) is 30.3 Å². The van der Waals surface area contributed by atoms with E-state index in [9.17, 15) is 13.2 Å². The molecule has 1 atom stereocenters. The molecule has 1 amide bonds. The molecule has 2 aliphatic rings. The maximum absolute atomic E-state index is 13.1. The van der Waals surface area contributed by atoms with Gasteiger partial charge >= 0.3 is 0 Å². The van der Waals surface area contributed by atoms with Crippen LogP contribution in [0, 0.1) is 5.92 Å². The number of carbonyl (C=O) groups is 1. The van der Waals surface area contributed by atoms with Gasteiger partial charge in [0.2, 0.25) is 15.9 Å². The van der Waals surface area contributed by atoms with Crippen molar-refractivity contribution in [3.8, 4) is 0 Å². The van der Waals surface area contributed by atoms with Gasteiger partial charge in [-0.15, -0.1) is 12.4 Å². The summed E-state index contributed by atoms with van der Waals surface area (Å²) < 4.78 is 27.6. The summed E-state index contributed by atoms with van der Waals surface area (Å²) in [6.45, 7) is 2.84. The first kappa shape index (κ1) is 22.1. The fraction of sp³-hybridized carbons (Fsp3) is 0.632. The van der Waals surface area contributed by atoms with Gasteiger partial charge in [-0.1, -0.05) is 24.6 Å². The van der Waals surface area contributed by atoms with Gasteiger partial charge in [0.25, 0.3) is 0 Å². The maximum Gasteiger partial charge on any atom is 0.243 e. The van der Waals surface area contributed by atoms with Crippen molar-refractivity contribution in [2.24, 2.45) is 5.92 Å². The number of rotatable bonds is 5. The molecule has 152 valence electrons. The quantitative estimate of drug-likeness (QED) is 0.799. The number of halogens is 1. The topological polar surface area (TPSA) is 69.7 Å². The number of nitrogens with zero attached hydrogens (tertiary/aromatic N) is 2. The van der Waals surface area contributed by atoms with Crippen molar-refractivity contribution in [3.63, 3.8) is 0 Å². The Balaban J connectivity index is 0.00000261. The summed E-state index contributed by atoms with van der Waals surface area (Å²) in [6, 6.07) is 7.89. The highest BCUT2D eigenvalue weighted by atomic mass is 35.5. The van der Waals surface area contributed by atoms with Crippen LogP contribution in [-0.2, 0) is 14.8 Å². The number of nitrogens with one attached hydrogen (secondary N) is 1. The number of amides is 1. The largest absolute Gasteiger partial charge is 0.341 e. The molecule has 1 N–H and O–H groups in total. The summed E-state index contributed by atoms with van der Waals surface area (Å²) in [7, 11) is -1.69. The minimum absolute atomic E-state index is 0. The zero-order valence-electron chi connectivity index (χ0n) is 15.8. The zero-order chi connectivity index (χ0) is 18.6. The molecule has 2 heterocycles. The standard InChI is InChI=1S/C19H29N3O3S.ClH/c1-20-15-16-10-13-21(14-11-16)19(23)18-9-5-6-12-22(18)26(24,25)17-7-3-2-4-8-17;/h2-4,7-8,16,18,20H,5-6,9-15H2,1H3;1H. The van der Waals surface area contributed by atoms with Gasteiger partial charge in [-0.2, -0.15) is 4.31 Å². The van der Waals surface area contributed by atoms with Crippen LogP contribution >= 0.6 is 12.4 Å². The van der Waals surface area contributed by atoms with E-state index in [0.29, 0.717) is 18.9 Å². The molecule has 2 saturated heterocycles. The van der Waals surface area contributed by atoms with E-state index in [0.717, 1.165) is 45.3 Å². The van der Waals surface area contributed by atoms with E-state index in [1.165, 1.54) is 4.31 Å². The highest BCUT2D eigenvalue weighted by Crippen LogP contribution is 2.28. The molecule has 0 radical (unpaired) electrons. The molecule has 1 unspecified atom stereocenters. The third-order valence-electron chi connectivity index (χ3n) is 5.51. The SMILES string of the molecule is CNCC1CCN(C(=O)C2CCCCN2S(=O)(=O)c2ccccc2)CC1.Cl. The van der Waals surface area contributed by atoms with E-state index in [1.54, 1.807) is 30.3 Å². The molecular formula is C19H30ClN3O3S. The molecule has 1 aromatic carbocycles. The minimum atomic E-state index is -3.64. The smallest absolute Gasteiger partial charge is 0.243 e. The van der Waals surface area contributed by atoms with Crippen LogP contribution in [0.25, 0.3) is 0 Å². The fourth-order valence-electron chi connectivity index (χ4n) is 4.02. The summed E-state index contributed by atoms with van der Waals surface area (Å²) in [4.78, 5) is 15.3. The molecule has 2 fully saturated rings. The van der Waals surface area contributed by atoms with Gasteiger partial charge in [0.1, 0.15) is 6.04 Å². The average Bonchev–Trinajstić information content (AvgIpc) is 2.69. The van der Waals surface area contributed by atoms with Crippen LogP contribution in [0.2, 0.25) is 0 Å². The Morgan fingerprint density at radius 2 is 1.74 bits per heavy atom. The van der Waals surface area contributed by atoms with Gasteiger partial charge < -0.3 is 10.2 Å². The molecule has 2 aliphatic heterocycles. The van der Waals surface area contributed by atoms with Crippen molar-refractivity contribution in [2.75, 3.05) is 33.2 Å². The van der Waals surface area contributed by atoms with Crippen molar-refractivity contribution in [1.29, 1.82) is 0 Å².